The molecule has 24 heavy (non-hydrogen) atoms. The molecule has 1 aliphatic rings. The highest BCUT2D eigenvalue weighted by Crippen LogP contribution is 2.19. The Morgan fingerprint density at radius 2 is 1.88 bits per heavy atom. The lowest BCUT2D eigenvalue weighted by Gasteiger charge is -2.11. The number of ether oxygens (including phenoxy) is 1. The lowest BCUT2D eigenvalue weighted by molar-refractivity contribution is -0.123. The normalized spacial score (nSPS) is 15.7. The van der Waals surface area contributed by atoms with Gasteiger partial charge in [-0.3, -0.25) is 9.69 Å². The van der Waals surface area contributed by atoms with Crippen LogP contribution in [0.3, 0.4) is 0 Å². The molecule has 0 atom stereocenters. The maximum absolute atomic E-state index is 12.5. The molecule has 1 saturated heterocycles. The number of hydrogen-bond acceptors (Lipinski definition) is 3. The van der Waals surface area contributed by atoms with E-state index in [1.54, 1.807) is 6.08 Å². The van der Waals surface area contributed by atoms with Crippen molar-refractivity contribution in [2.75, 3.05) is 6.61 Å². The molecule has 3 amide bonds. The summed E-state index contributed by atoms with van der Waals surface area (Å²) in [6.45, 7) is 2.73. The van der Waals surface area contributed by atoms with Crippen LogP contribution in [0.2, 0.25) is 0 Å². The Bertz CT molecular complexity index is 784. The van der Waals surface area contributed by atoms with Gasteiger partial charge in [0.2, 0.25) is 0 Å². The number of benzene rings is 2. The summed E-state index contributed by atoms with van der Waals surface area (Å²) in [5, 5.41) is 2.63. The van der Waals surface area contributed by atoms with Crippen molar-refractivity contribution in [1.29, 1.82) is 0 Å². The van der Waals surface area contributed by atoms with Crippen LogP contribution in [0.25, 0.3) is 6.08 Å². The smallest absolute Gasteiger partial charge is 0.329 e. The van der Waals surface area contributed by atoms with Gasteiger partial charge in [-0.25, -0.2) is 4.79 Å². The average Bonchev–Trinajstić information content (AvgIpc) is 2.84. The summed E-state index contributed by atoms with van der Waals surface area (Å²) < 4.78 is 5.45. The fourth-order valence-corrected chi connectivity index (χ4v) is 2.51. The molecule has 1 N–H and O–H groups in total. The third-order valence-electron chi connectivity index (χ3n) is 3.63. The van der Waals surface area contributed by atoms with E-state index in [1.165, 1.54) is 4.90 Å². The molecule has 1 heterocycles. The van der Waals surface area contributed by atoms with Crippen LogP contribution in [0, 0.1) is 0 Å². The van der Waals surface area contributed by atoms with Crippen LogP contribution in [0.15, 0.2) is 60.3 Å². The van der Waals surface area contributed by atoms with Crippen molar-refractivity contribution in [3.8, 4) is 5.75 Å². The van der Waals surface area contributed by atoms with E-state index in [-0.39, 0.29) is 18.1 Å². The van der Waals surface area contributed by atoms with E-state index in [1.807, 2.05) is 61.5 Å². The second kappa shape index (κ2) is 7.00. The highest BCUT2D eigenvalue weighted by Gasteiger charge is 2.33. The molecule has 1 fully saturated rings. The SMILES string of the molecule is CCOc1cccc(/C=C2\NC(=O)N(Cc3ccccc3)C2=O)c1. The lowest BCUT2D eigenvalue weighted by atomic mass is 10.1. The molecule has 1 aliphatic heterocycles. The van der Waals surface area contributed by atoms with Crippen LogP contribution >= 0.6 is 0 Å². The van der Waals surface area contributed by atoms with Gasteiger partial charge in [-0.05, 0) is 36.3 Å². The highest BCUT2D eigenvalue weighted by molar-refractivity contribution is 6.13. The van der Waals surface area contributed by atoms with E-state index in [0.717, 1.165) is 16.9 Å². The fourth-order valence-electron chi connectivity index (χ4n) is 2.51. The Hall–Kier alpha value is -3.08. The minimum absolute atomic E-state index is 0.252. The molecular formula is C19H18N2O3. The van der Waals surface area contributed by atoms with Crippen molar-refractivity contribution in [3.63, 3.8) is 0 Å². The summed E-state index contributed by atoms with van der Waals surface area (Å²) in [5.74, 6) is 0.399. The van der Waals surface area contributed by atoms with Gasteiger partial charge in [-0.15, -0.1) is 0 Å². The minimum atomic E-state index is -0.406. The number of carbonyl (C=O) groups is 2. The molecule has 0 radical (unpaired) electrons. The van der Waals surface area contributed by atoms with E-state index in [4.69, 9.17) is 4.74 Å². The number of amides is 3. The zero-order valence-electron chi connectivity index (χ0n) is 13.4. The number of nitrogens with zero attached hydrogens (tertiary/aromatic N) is 1. The van der Waals surface area contributed by atoms with Gasteiger partial charge >= 0.3 is 6.03 Å². The molecule has 5 heteroatoms. The summed E-state index contributed by atoms with van der Waals surface area (Å²) >= 11 is 0. The summed E-state index contributed by atoms with van der Waals surface area (Å²) in [4.78, 5) is 25.8. The first kappa shape index (κ1) is 15.8. The van der Waals surface area contributed by atoms with Crippen LogP contribution in [0.4, 0.5) is 4.79 Å². The van der Waals surface area contributed by atoms with Gasteiger partial charge in [0, 0.05) is 0 Å². The highest BCUT2D eigenvalue weighted by atomic mass is 16.5. The molecule has 122 valence electrons. The Morgan fingerprint density at radius 1 is 1.08 bits per heavy atom. The van der Waals surface area contributed by atoms with E-state index in [0.29, 0.717) is 6.61 Å². The zero-order chi connectivity index (χ0) is 16.9. The Morgan fingerprint density at radius 3 is 2.62 bits per heavy atom. The maximum Gasteiger partial charge on any atom is 0.329 e. The van der Waals surface area contributed by atoms with Crippen LogP contribution in [0.5, 0.6) is 5.75 Å². The van der Waals surface area contributed by atoms with Crippen molar-refractivity contribution >= 4 is 18.0 Å². The molecule has 2 aromatic rings. The molecule has 0 aromatic heterocycles. The molecular weight excluding hydrogens is 304 g/mol. The van der Waals surface area contributed by atoms with Gasteiger partial charge in [0.05, 0.1) is 13.2 Å². The molecule has 3 rings (SSSR count). The predicted molar refractivity (Wildman–Crippen MR) is 91.1 cm³/mol. The fraction of sp³-hybridized carbons (Fsp3) is 0.158. The van der Waals surface area contributed by atoms with Gasteiger partial charge in [0.25, 0.3) is 5.91 Å². The van der Waals surface area contributed by atoms with Crippen LogP contribution < -0.4 is 10.1 Å². The van der Waals surface area contributed by atoms with Crippen molar-refractivity contribution in [3.05, 3.63) is 71.4 Å². The first-order valence-corrected chi connectivity index (χ1v) is 7.78. The molecule has 2 aromatic carbocycles. The van der Waals surface area contributed by atoms with E-state index >= 15 is 0 Å². The summed E-state index contributed by atoms with van der Waals surface area (Å²) in [5.41, 5.74) is 1.97. The number of imide groups is 1. The van der Waals surface area contributed by atoms with Crippen molar-refractivity contribution in [2.45, 2.75) is 13.5 Å². The average molecular weight is 322 g/mol. The molecule has 5 nitrogen and oxygen atoms in total. The van der Waals surface area contributed by atoms with E-state index < -0.39 is 6.03 Å². The minimum Gasteiger partial charge on any atom is -0.494 e. The number of nitrogens with one attached hydrogen (secondary N) is 1. The maximum atomic E-state index is 12.5. The molecule has 0 spiro atoms. The number of hydrogen-bond donors (Lipinski definition) is 1. The topological polar surface area (TPSA) is 58.6 Å². The van der Waals surface area contributed by atoms with E-state index in [9.17, 15) is 9.59 Å². The second-order valence-electron chi connectivity index (χ2n) is 5.37. The van der Waals surface area contributed by atoms with E-state index in [2.05, 4.69) is 5.32 Å². The summed E-state index contributed by atoms with van der Waals surface area (Å²) in [6, 6.07) is 16.4. The predicted octanol–water partition coefficient (Wildman–Crippen LogP) is 3.18. The van der Waals surface area contributed by atoms with Gasteiger partial charge in [0.1, 0.15) is 11.4 Å². The van der Waals surface area contributed by atoms with Gasteiger partial charge in [-0.2, -0.15) is 0 Å². The van der Waals surface area contributed by atoms with Crippen LogP contribution in [-0.2, 0) is 11.3 Å². The number of carbonyl (C=O) groups excluding carboxylic acids is 2. The Kier molecular flexibility index (Phi) is 4.61. The Balaban J connectivity index is 1.79. The molecule has 0 bridgehead atoms. The third-order valence-corrected chi connectivity index (χ3v) is 3.63. The number of urea groups is 1. The van der Waals surface area contributed by atoms with Crippen molar-refractivity contribution in [1.82, 2.24) is 10.2 Å². The summed E-state index contributed by atoms with van der Waals surface area (Å²) in [6.07, 6.45) is 1.66. The number of rotatable bonds is 5. The van der Waals surface area contributed by atoms with Gasteiger partial charge in [-0.1, -0.05) is 42.5 Å². The summed E-state index contributed by atoms with van der Waals surface area (Å²) in [7, 11) is 0. The van der Waals surface area contributed by atoms with Gasteiger partial charge < -0.3 is 10.1 Å². The zero-order valence-corrected chi connectivity index (χ0v) is 13.4. The van der Waals surface area contributed by atoms with Crippen LogP contribution in [0.1, 0.15) is 18.1 Å². The molecule has 0 unspecified atom stereocenters. The largest absolute Gasteiger partial charge is 0.494 e. The van der Waals surface area contributed by atoms with Crippen molar-refractivity contribution in [2.24, 2.45) is 0 Å². The monoisotopic (exact) mass is 322 g/mol. The third kappa shape index (κ3) is 3.46. The van der Waals surface area contributed by atoms with Gasteiger partial charge in [0.15, 0.2) is 0 Å². The molecule has 0 saturated carbocycles. The standard InChI is InChI=1S/C19H18N2O3/c1-2-24-16-10-6-9-15(11-16)12-17-18(22)21(19(23)20-17)13-14-7-4-3-5-8-14/h3-12H,2,13H2,1H3,(H,20,23)/b17-12-. The van der Waals surface area contributed by atoms with Crippen LogP contribution in [-0.4, -0.2) is 23.4 Å². The molecule has 0 aliphatic carbocycles. The Labute approximate surface area is 140 Å². The first-order chi connectivity index (χ1) is 11.7. The second-order valence-corrected chi connectivity index (χ2v) is 5.37. The first-order valence-electron chi connectivity index (χ1n) is 7.78. The quantitative estimate of drug-likeness (QED) is 0.679. The van der Waals surface area contributed by atoms with Crippen molar-refractivity contribution < 1.29 is 14.3 Å². The lowest BCUT2D eigenvalue weighted by Crippen LogP contribution is -2.30.